The Balaban J connectivity index is 2.28. The zero-order chi connectivity index (χ0) is 15.2. The van der Waals surface area contributed by atoms with Gasteiger partial charge in [0.25, 0.3) is 0 Å². The molecule has 2 rings (SSSR count). The molecule has 21 heavy (non-hydrogen) atoms. The summed E-state index contributed by atoms with van der Waals surface area (Å²) >= 11 is 0. The third-order valence-electron chi connectivity index (χ3n) is 3.67. The molecule has 1 unspecified atom stereocenters. The molecule has 1 atom stereocenters. The number of halogens is 1. The summed E-state index contributed by atoms with van der Waals surface area (Å²) in [6.07, 6.45) is 0.618. The maximum absolute atomic E-state index is 13.9. The van der Waals surface area contributed by atoms with Crippen molar-refractivity contribution in [2.24, 2.45) is 0 Å². The predicted octanol–water partition coefficient (Wildman–Crippen LogP) is 4.04. The van der Waals surface area contributed by atoms with E-state index in [0.29, 0.717) is 6.42 Å². The molecule has 0 fully saturated rings. The molecule has 0 amide bonds. The fourth-order valence-corrected chi connectivity index (χ4v) is 2.49. The zero-order valence-corrected chi connectivity index (χ0v) is 12.8. The van der Waals surface area contributed by atoms with Crippen LogP contribution in [0.15, 0.2) is 42.5 Å². The quantitative estimate of drug-likeness (QED) is 0.866. The molecule has 0 aliphatic heterocycles. The Hall–Kier alpha value is -1.87. The van der Waals surface area contributed by atoms with E-state index in [-0.39, 0.29) is 11.9 Å². The Morgan fingerprint density at radius 2 is 1.95 bits per heavy atom. The normalized spacial score (nSPS) is 12.2. The Bertz CT molecular complexity index is 598. The first-order valence-corrected chi connectivity index (χ1v) is 7.27. The number of aryl methyl sites for hydroxylation is 1. The molecule has 0 heterocycles. The van der Waals surface area contributed by atoms with Crippen LogP contribution in [0.2, 0.25) is 0 Å². The zero-order valence-electron chi connectivity index (χ0n) is 12.8. The van der Waals surface area contributed by atoms with Gasteiger partial charge in [-0.1, -0.05) is 37.3 Å². The number of methoxy groups -OCH3 is 1. The third kappa shape index (κ3) is 3.82. The van der Waals surface area contributed by atoms with E-state index in [4.69, 9.17) is 4.74 Å². The van der Waals surface area contributed by atoms with Crippen molar-refractivity contribution in [3.63, 3.8) is 0 Å². The molecular formula is C18H22FNO. The van der Waals surface area contributed by atoms with Crippen molar-refractivity contribution in [3.05, 3.63) is 65.0 Å². The van der Waals surface area contributed by atoms with Crippen LogP contribution in [0.1, 0.15) is 29.7 Å². The van der Waals surface area contributed by atoms with Crippen LogP contribution >= 0.6 is 0 Å². The van der Waals surface area contributed by atoms with Crippen LogP contribution in [0, 0.1) is 12.7 Å². The van der Waals surface area contributed by atoms with Crippen LogP contribution in [0.4, 0.5) is 4.39 Å². The van der Waals surface area contributed by atoms with Crippen LogP contribution in [-0.2, 0) is 6.42 Å². The molecule has 112 valence electrons. The lowest BCUT2D eigenvalue weighted by Crippen LogP contribution is -2.23. The SMILES string of the molecule is CCNC(Cc1ccccc1F)c1ccc(C)c(OC)c1. The van der Waals surface area contributed by atoms with E-state index in [1.54, 1.807) is 13.2 Å². The van der Waals surface area contributed by atoms with Crippen LogP contribution in [0.25, 0.3) is 0 Å². The van der Waals surface area contributed by atoms with Crippen LogP contribution in [0.3, 0.4) is 0 Å². The Morgan fingerprint density at radius 3 is 2.62 bits per heavy atom. The molecule has 0 saturated heterocycles. The smallest absolute Gasteiger partial charge is 0.126 e. The number of hydrogen-bond donors (Lipinski definition) is 1. The van der Waals surface area contributed by atoms with Crippen molar-refractivity contribution >= 4 is 0 Å². The molecule has 0 radical (unpaired) electrons. The summed E-state index contributed by atoms with van der Waals surface area (Å²) in [6.45, 7) is 4.90. The second kappa shape index (κ2) is 7.23. The van der Waals surface area contributed by atoms with E-state index >= 15 is 0 Å². The van der Waals surface area contributed by atoms with E-state index in [2.05, 4.69) is 18.3 Å². The van der Waals surface area contributed by atoms with Gasteiger partial charge < -0.3 is 10.1 Å². The number of rotatable bonds is 6. The van der Waals surface area contributed by atoms with E-state index in [0.717, 1.165) is 29.0 Å². The minimum Gasteiger partial charge on any atom is -0.496 e. The first-order valence-electron chi connectivity index (χ1n) is 7.27. The number of benzene rings is 2. The highest BCUT2D eigenvalue weighted by Gasteiger charge is 2.14. The van der Waals surface area contributed by atoms with Crippen molar-refractivity contribution in [2.75, 3.05) is 13.7 Å². The first-order chi connectivity index (χ1) is 10.2. The fraction of sp³-hybridized carbons (Fsp3) is 0.333. The Labute approximate surface area is 126 Å². The number of ether oxygens (including phenoxy) is 1. The van der Waals surface area contributed by atoms with Crippen LogP contribution in [0.5, 0.6) is 5.75 Å². The summed E-state index contributed by atoms with van der Waals surface area (Å²) in [5, 5.41) is 3.42. The van der Waals surface area contributed by atoms with Crippen molar-refractivity contribution in [2.45, 2.75) is 26.3 Å². The fourth-order valence-electron chi connectivity index (χ4n) is 2.49. The van der Waals surface area contributed by atoms with Crippen molar-refractivity contribution in [3.8, 4) is 5.75 Å². The minimum absolute atomic E-state index is 0.0707. The highest BCUT2D eigenvalue weighted by atomic mass is 19.1. The minimum atomic E-state index is -0.153. The molecule has 2 aromatic rings. The van der Waals surface area contributed by atoms with E-state index in [9.17, 15) is 4.39 Å². The number of hydrogen-bond acceptors (Lipinski definition) is 2. The molecule has 2 aromatic carbocycles. The lowest BCUT2D eigenvalue weighted by atomic mass is 9.97. The van der Waals surface area contributed by atoms with Gasteiger partial charge in [0.2, 0.25) is 0 Å². The van der Waals surface area contributed by atoms with E-state index in [1.807, 2.05) is 31.2 Å². The van der Waals surface area contributed by atoms with Crippen molar-refractivity contribution in [1.82, 2.24) is 5.32 Å². The summed E-state index contributed by atoms with van der Waals surface area (Å²) in [5.74, 6) is 0.711. The highest BCUT2D eigenvalue weighted by Crippen LogP contribution is 2.26. The van der Waals surface area contributed by atoms with Gasteiger partial charge >= 0.3 is 0 Å². The predicted molar refractivity (Wildman–Crippen MR) is 84.3 cm³/mol. The molecular weight excluding hydrogens is 265 g/mol. The summed E-state index contributed by atoms with van der Waals surface area (Å²) in [4.78, 5) is 0. The van der Waals surface area contributed by atoms with Gasteiger partial charge in [-0.2, -0.15) is 0 Å². The second-order valence-electron chi connectivity index (χ2n) is 5.13. The van der Waals surface area contributed by atoms with Crippen molar-refractivity contribution < 1.29 is 9.13 Å². The average molecular weight is 287 g/mol. The average Bonchev–Trinajstić information content (AvgIpc) is 2.49. The summed E-state index contributed by atoms with van der Waals surface area (Å²) in [5.41, 5.74) is 2.94. The summed E-state index contributed by atoms with van der Waals surface area (Å²) < 4.78 is 19.2. The molecule has 0 aliphatic rings. The van der Waals surface area contributed by atoms with Crippen LogP contribution in [-0.4, -0.2) is 13.7 Å². The van der Waals surface area contributed by atoms with E-state index < -0.39 is 0 Å². The molecule has 0 aromatic heterocycles. The lowest BCUT2D eigenvalue weighted by molar-refractivity contribution is 0.409. The van der Waals surface area contributed by atoms with Crippen LogP contribution < -0.4 is 10.1 Å². The van der Waals surface area contributed by atoms with Gasteiger partial charge in [-0.05, 0) is 48.7 Å². The monoisotopic (exact) mass is 287 g/mol. The van der Waals surface area contributed by atoms with Gasteiger partial charge in [0.15, 0.2) is 0 Å². The maximum Gasteiger partial charge on any atom is 0.126 e. The van der Waals surface area contributed by atoms with Gasteiger partial charge in [0, 0.05) is 6.04 Å². The summed E-state index contributed by atoms with van der Waals surface area (Å²) in [6, 6.07) is 13.2. The second-order valence-corrected chi connectivity index (χ2v) is 5.13. The molecule has 1 N–H and O–H groups in total. The first kappa shape index (κ1) is 15.5. The standard InChI is InChI=1S/C18H22FNO/c1-4-20-17(11-14-7-5-6-8-16(14)19)15-10-9-13(2)18(12-15)21-3/h5-10,12,17,20H,4,11H2,1-3H3. The number of likely N-dealkylation sites (N-methyl/N-ethyl adjacent to an activating group) is 1. The van der Waals surface area contributed by atoms with E-state index in [1.165, 1.54) is 6.07 Å². The van der Waals surface area contributed by atoms with Gasteiger partial charge in [0.05, 0.1) is 7.11 Å². The van der Waals surface area contributed by atoms with Gasteiger partial charge in [-0.3, -0.25) is 0 Å². The topological polar surface area (TPSA) is 21.3 Å². The molecule has 0 spiro atoms. The Morgan fingerprint density at radius 1 is 1.19 bits per heavy atom. The molecule has 3 heteroatoms. The molecule has 0 saturated carbocycles. The van der Waals surface area contributed by atoms with Gasteiger partial charge in [0.1, 0.15) is 11.6 Å². The van der Waals surface area contributed by atoms with Gasteiger partial charge in [-0.25, -0.2) is 4.39 Å². The maximum atomic E-state index is 13.9. The molecule has 0 bridgehead atoms. The van der Waals surface area contributed by atoms with Crippen molar-refractivity contribution in [1.29, 1.82) is 0 Å². The summed E-state index contributed by atoms with van der Waals surface area (Å²) in [7, 11) is 1.67. The molecule has 2 nitrogen and oxygen atoms in total. The largest absolute Gasteiger partial charge is 0.496 e. The highest BCUT2D eigenvalue weighted by molar-refractivity contribution is 5.38. The molecule has 0 aliphatic carbocycles. The lowest BCUT2D eigenvalue weighted by Gasteiger charge is -2.20. The third-order valence-corrected chi connectivity index (χ3v) is 3.67. The van der Waals surface area contributed by atoms with Gasteiger partial charge in [-0.15, -0.1) is 0 Å². The number of nitrogens with one attached hydrogen (secondary N) is 1. The Kier molecular flexibility index (Phi) is 5.34.